The predicted molar refractivity (Wildman–Crippen MR) is 205 cm³/mol. The van der Waals surface area contributed by atoms with Crippen molar-refractivity contribution < 1.29 is 30.6 Å². The van der Waals surface area contributed by atoms with Gasteiger partial charge in [-0.3, -0.25) is 14.4 Å². The Kier molecular flexibility index (Phi) is 8.56. The van der Waals surface area contributed by atoms with Crippen molar-refractivity contribution in [1.29, 1.82) is 0 Å². The Morgan fingerprint density at radius 3 is 2.19 bits per heavy atom. The molecule has 0 saturated heterocycles. The second kappa shape index (κ2) is 13.4. The van der Waals surface area contributed by atoms with E-state index >= 15 is 0 Å². The zero-order valence-corrected chi connectivity index (χ0v) is 31.0. The number of hydrogen-bond donors (Lipinski definition) is 1. The van der Waals surface area contributed by atoms with Crippen LogP contribution in [0.25, 0.3) is 83.9 Å². The summed E-state index contributed by atoms with van der Waals surface area (Å²) in [5, 5.41) is 12.9. The fraction of sp³-hybridized carbons (Fsp3) is 0.0889. The quantitative estimate of drug-likeness (QED) is 0.169. The molecule has 0 fully saturated rings. The van der Waals surface area contributed by atoms with Crippen LogP contribution in [0, 0.1) is 13.0 Å². The van der Waals surface area contributed by atoms with Crippen LogP contribution >= 0.6 is 0 Å². The van der Waals surface area contributed by atoms with Gasteiger partial charge in [-0.1, -0.05) is 116 Å². The summed E-state index contributed by atoms with van der Waals surface area (Å²) in [6.45, 7) is 6.38. The molecule has 52 heavy (non-hydrogen) atoms. The van der Waals surface area contributed by atoms with Crippen LogP contribution in [0.5, 0.6) is 5.75 Å². The van der Waals surface area contributed by atoms with E-state index in [2.05, 4.69) is 86.0 Å². The molecule has 0 saturated carbocycles. The van der Waals surface area contributed by atoms with E-state index in [0.29, 0.717) is 33.9 Å². The number of furan rings is 1. The molecule has 7 heteroatoms. The Morgan fingerprint density at radius 2 is 1.40 bits per heavy atom. The number of phenols is 1. The third kappa shape index (κ3) is 5.70. The normalized spacial score (nSPS) is 11.5. The average Bonchev–Trinajstić information content (AvgIpc) is 3.73. The van der Waals surface area contributed by atoms with Crippen LogP contribution in [0.15, 0.2) is 138 Å². The van der Waals surface area contributed by atoms with Crippen LogP contribution in [0.3, 0.4) is 0 Å². The number of imidazole rings is 1. The molecule has 0 bridgehead atoms. The molecule has 0 aliphatic carbocycles. The first-order chi connectivity index (χ1) is 24.9. The number of nitrogens with zero attached hydrogens (tertiary/aromatic N) is 4. The first kappa shape index (κ1) is 33.3. The molecule has 1 N–H and O–H groups in total. The zero-order valence-electron chi connectivity index (χ0n) is 28.7. The van der Waals surface area contributed by atoms with Crippen molar-refractivity contribution in [1.82, 2.24) is 19.4 Å². The van der Waals surface area contributed by atoms with Crippen LogP contribution in [-0.4, -0.2) is 24.5 Å². The van der Waals surface area contributed by atoms with Crippen molar-refractivity contribution >= 4 is 27.7 Å². The van der Waals surface area contributed by atoms with E-state index in [0.717, 1.165) is 61.3 Å². The largest absolute Gasteiger partial charge is 0.507 e. The average molecular weight is 857 g/mol. The number of para-hydroxylation sites is 2. The number of hydrogen-bond acceptors (Lipinski definition) is 5. The van der Waals surface area contributed by atoms with E-state index < -0.39 is 0 Å². The Hall–Kier alpha value is -5.84. The van der Waals surface area contributed by atoms with Crippen molar-refractivity contribution in [3.05, 3.63) is 151 Å². The maximum absolute atomic E-state index is 11.0. The fourth-order valence-corrected chi connectivity index (χ4v) is 6.94. The fourth-order valence-electron chi connectivity index (χ4n) is 6.94. The molecule has 4 heterocycles. The summed E-state index contributed by atoms with van der Waals surface area (Å²) in [6.07, 6.45) is 2.06. The Labute approximate surface area is 315 Å². The van der Waals surface area contributed by atoms with Crippen molar-refractivity contribution in [3.8, 4) is 61.9 Å². The van der Waals surface area contributed by atoms with E-state index in [1.165, 1.54) is 0 Å². The van der Waals surface area contributed by atoms with Gasteiger partial charge in [0, 0.05) is 61.0 Å². The molecule has 9 rings (SSSR count). The maximum atomic E-state index is 11.0. The summed E-state index contributed by atoms with van der Waals surface area (Å²) in [4.78, 5) is 15.4. The van der Waals surface area contributed by atoms with Crippen molar-refractivity contribution in [2.75, 3.05) is 0 Å². The molecule has 0 aliphatic heterocycles. The van der Waals surface area contributed by atoms with Gasteiger partial charge in [-0.25, -0.2) is 4.98 Å². The first-order valence-electron chi connectivity index (χ1n) is 17.1. The van der Waals surface area contributed by atoms with Crippen molar-refractivity contribution in [3.63, 3.8) is 0 Å². The van der Waals surface area contributed by atoms with Gasteiger partial charge in [0.05, 0.1) is 11.3 Å². The minimum absolute atomic E-state index is 0. The number of rotatable bonds is 6. The van der Waals surface area contributed by atoms with Gasteiger partial charge in [0.25, 0.3) is 0 Å². The third-order valence-electron chi connectivity index (χ3n) is 9.54. The molecular weight excluding hydrogens is 824 g/mol. The Bertz CT molecular complexity index is 2700. The summed E-state index contributed by atoms with van der Waals surface area (Å²) in [6, 6.07) is 46.0. The van der Waals surface area contributed by atoms with Crippen molar-refractivity contribution in [2.24, 2.45) is 0 Å². The monoisotopic (exact) mass is 856 g/mol. The van der Waals surface area contributed by atoms with Crippen LogP contribution in [0.1, 0.15) is 31.0 Å². The van der Waals surface area contributed by atoms with Crippen LogP contribution in [0.2, 0.25) is 0 Å². The Balaban J connectivity index is 0.00000387. The van der Waals surface area contributed by atoms with Gasteiger partial charge in [0.15, 0.2) is 0 Å². The van der Waals surface area contributed by atoms with Crippen LogP contribution < -0.4 is 0 Å². The van der Waals surface area contributed by atoms with Gasteiger partial charge in [0.2, 0.25) is 5.78 Å². The van der Waals surface area contributed by atoms with E-state index in [1.54, 1.807) is 6.07 Å². The Morgan fingerprint density at radius 1 is 0.692 bits per heavy atom. The topological polar surface area (TPSA) is 76.5 Å². The van der Waals surface area contributed by atoms with E-state index in [9.17, 15) is 5.11 Å². The number of benzene rings is 5. The first-order valence-corrected chi connectivity index (χ1v) is 17.1. The van der Waals surface area contributed by atoms with Gasteiger partial charge < -0.3 is 9.52 Å². The summed E-state index contributed by atoms with van der Waals surface area (Å²) in [5.74, 6) is 1.05. The standard InChI is InChI=1S/C45H33N4O2.Pt/c1-27(2)37-21-22-49-43(29-14-5-4-6-15-29)42(48-45(49)47-37)31-23-35-33-17-10-12-20-41(33)51-44(35)36(24-31)39-26-30(32-16-8-7-13-28(32)3)25-38(46-39)34-18-9-11-19-40(34)50;/h4-23,25-27,50H,1-3H3;/q-1;. The van der Waals surface area contributed by atoms with Crippen molar-refractivity contribution in [2.45, 2.75) is 26.7 Å². The molecule has 4 aromatic heterocycles. The van der Waals surface area contributed by atoms with Crippen LogP contribution in [-0.2, 0) is 21.1 Å². The van der Waals surface area contributed by atoms with Gasteiger partial charge in [-0.15, -0.1) is 12.1 Å². The number of phenolic OH excluding ortho intramolecular Hbond substituents is 1. The summed E-state index contributed by atoms with van der Waals surface area (Å²) < 4.78 is 8.69. The molecular formula is C45H33N4O2Pt-. The SMILES string of the molecule is Cc1ccccc1-c1cc(-c2ccccc2O)nc(-c2[c-]c(-c3nc4nc(C(C)C)ccn4c3-c3ccccc3)cc3c2oc2ccccc23)c1.[Pt]. The summed E-state index contributed by atoms with van der Waals surface area (Å²) in [5.41, 5.74) is 11.8. The molecule has 0 spiro atoms. The molecule has 0 aliphatic rings. The maximum Gasteiger partial charge on any atom is 0.226 e. The number of aromatic nitrogens is 4. The number of aromatic hydroxyl groups is 1. The minimum Gasteiger partial charge on any atom is -0.507 e. The molecule has 256 valence electrons. The van der Waals surface area contributed by atoms with Gasteiger partial charge in [-0.05, 0) is 70.8 Å². The van der Waals surface area contributed by atoms with E-state index in [4.69, 9.17) is 19.4 Å². The van der Waals surface area contributed by atoms with E-state index in [1.807, 2.05) is 72.8 Å². The number of pyridine rings is 1. The molecule has 9 aromatic rings. The third-order valence-corrected chi connectivity index (χ3v) is 9.54. The van der Waals surface area contributed by atoms with E-state index in [-0.39, 0.29) is 32.7 Å². The van der Waals surface area contributed by atoms with Gasteiger partial charge >= 0.3 is 0 Å². The number of aryl methyl sites for hydroxylation is 1. The zero-order chi connectivity index (χ0) is 34.6. The second-order valence-electron chi connectivity index (χ2n) is 13.2. The molecule has 6 nitrogen and oxygen atoms in total. The second-order valence-corrected chi connectivity index (χ2v) is 13.2. The molecule has 5 aromatic carbocycles. The summed E-state index contributed by atoms with van der Waals surface area (Å²) >= 11 is 0. The summed E-state index contributed by atoms with van der Waals surface area (Å²) in [7, 11) is 0. The predicted octanol–water partition coefficient (Wildman–Crippen LogP) is 11.3. The number of fused-ring (bicyclic) bond motifs is 4. The molecule has 0 radical (unpaired) electrons. The smallest absolute Gasteiger partial charge is 0.226 e. The molecule has 0 atom stereocenters. The minimum atomic E-state index is 0. The molecule has 0 amide bonds. The van der Waals surface area contributed by atoms with Crippen LogP contribution in [0.4, 0.5) is 0 Å². The van der Waals surface area contributed by atoms with Gasteiger partial charge in [0.1, 0.15) is 11.3 Å². The van der Waals surface area contributed by atoms with Gasteiger partial charge in [-0.2, -0.15) is 0 Å². The molecule has 0 unspecified atom stereocenters.